The number of aliphatic hydroxyl groups is 1. The maximum absolute atomic E-state index is 11.7. The molecule has 0 amide bonds. The standard InChI is InChI=1S/C37H64O3/c1-25(2)10-8-11-27(5)32-16-17-33-31-15-14-30-22-28(12-9-13-29(23-38)24-40-35(39)26(3)4)18-20-36(30,6)34(31)19-21-37(32,33)7/h25,27-34,38H,3,8-24H2,1-2,4-7H3/t27-,28+,29?,30+,31+,32?,33+,34+,36+,37-/m1/s1. The van der Waals surface area contributed by atoms with Gasteiger partial charge in [0.05, 0.1) is 6.61 Å². The predicted molar refractivity (Wildman–Crippen MR) is 167 cm³/mol. The van der Waals surface area contributed by atoms with Crippen molar-refractivity contribution in [2.24, 2.45) is 64.1 Å². The maximum Gasteiger partial charge on any atom is 0.333 e. The van der Waals surface area contributed by atoms with E-state index in [1.807, 2.05) is 0 Å². The summed E-state index contributed by atoms with van der Waals surface area (Å²) in [6.07, 6.45) is 20.8. The molecular formula is C37H64O3. The Hall–Kier alpha value is -0.830. The quantitative estimate of drug-likeness (QED) is 0.181. The average Bonchev–Trinajstić information content (AvgIpc) is 3.27. The summed E-state index contributed by atoms with van der Waals surface area (Å²) in [7, 11) is 0. The van der Waals surface area contributed by atoms with Gasteiger partial charge in [-0.3, -0.25) is 0 Å². The fourth-order valence-electron chi connectivity index (χ4n) is 10.9. The van der Waals surface area contributed by atoms with E-state index >= 15 is 0 Å². The Morgan fingerprint density at radius 1 is 0.925 bits per heavy atom. The van der Waals surface area contributed by atoms with Crippen molar-refractivity contribution in [1.82, 2.24) is 0 Å². The molecule has 0 aromatic carbocycles. The first-order valence-electron chi connectivity index (χ1n) is 17.4. The van der Waals surface area contributed by atoms with Gasteiger partial charge >= 0.3 is 5.97 Å². The minimum Gasteiger partial charge on any atom is -0.462 e. The summed E-state index contributed by atoms with van der Waals surface area (Å²) in [6.45, 7) is 18.5. The van der Waals surface area contributed by atoms with E-state index in [9.17, 15) is 9.90 Å². The molecule has 10 atom stereocenters. The van der Waals surface area contributed by atoms with E-state index in [0.29, 0.717) is 23.0 Å². The minimum atomic E-state index is -0.340. The van der Waals surface area contributed by atoms with Gasteiger partial charge in [0, 0.05) is 18.1 Å². The number of fused-ring (bicyclic) bond motifs is 5. The van der Waals surface area contributed by atoms with E-state index in [0.717, 1.165) is 60.2 Å². The molecule has 4 rings (SSSR count). The second-order valence-electron chi connectivity index (χ2n) is 16.2. The highest BCUT2D eigenvalue weighted by Crippen LogP contribution is 2.68. The number of hydrogen-bond donors (Lipinski definition) is 1. The third kappa shape index (κ3) is 6.86. The molecule has 4 saturated carbocycles. The van der Waals surface area contributed by atoms with Crippen LogP contribution in [-0.2, 0) is 9.53 Å². The Morgan fingerprint density at radius 3 is 2.35 bits per heavy atom. The lowest BCUT2D eigenvalue weighted by molar-refractivity contribution is -0.140. The molecule has 0 aliphatic heterocycles. The number of ether oxygens (including phenoxy) is 1. The molecule has 0 aromatic heterocycles. The number of rotatable bonds is 13. The number of aliphatic hydroxyl groups excluding tert-OH is 1. The highest BCUT2D eigenvalue weighted by molar-refractivity contribution is 5.86. The van der Waals surface area contributed by atoms with Crippen LogP contribution < -0.4 is 0 Å². The topological polar surface area (TPSA) is 46.5 Å². The number of esters is 1. The second kappa shape index (κ2) is 13.6. The molecular weight excluding hydrogens is 492 g/mol. The molecule has 230 valence electrons. The Bertz CT molecular complexity index is 848. The third-order valence-electron chi connectivity index (χ3n) is 13.3. The molecule has 0 saturated heterocycles. The van der Waals surface area contributed by atoms with Crippen LogP contribution in [0.5, 0.6) is 0 Å². The average molecular weight is 557 g/mol. The molecule has 4 aliphatic carbocycles. The van der Waals surface area contributed by atoms with Crippen molar-refractivity contribution in [3.05, 3.63) is 12.2 Å². The molecule has 0 bridgehead atoms. The lowest BCUT2D eigenvalue weighted by Crippen LogP contribution is -2.53. The van der Waals surface area contributed by atoms with Crippen LogP contribution in [0.4, 0.5) is 0 Å². The monoisotopic (exact) mass is 556 g/mol. The van der Waals surface area contributed by atoms with E-state index < -0.39 is 0 Å². The van der Waals surface area contributed by atoms with E-state index in [2.05, 4.69) is 41.2 Å². The molecule has 1 N–H and O–H groups in total. The van der Waals surface area contributed by atoms with Crippen LogP contribution in [0.1, 0.15) is 138 Å². The van der Waals surface area contributed by atoms with Crippen LogP contribution in [0.25, 0.3) is 0 Å². The Labute approximate surface area is 247 Å². The summed E-state index contributed by atoms with van der Waals surface area (Å²) in [4.78, 5) is 11.7. The number of hydrogen-bond acceptors (Lipinski definition) is 3. The molecule has 4 aliphatic rings. The molecule has 4 fully saturated rings. The number of carbonyl (C=O) groups excluding carboxylic acids is 1. The van der Waals surface area contributed by atoms with E-state index in [4.69, 9.17) is 4.74 Å². The van der Waals surface area contributed by atoms with Gasteiger partial charge in [0.1, 0.15) is 0 Å². The SMILES string of the molecule is C=C(C)C(=O)OCC(CO)CCC[C@H]1CC[C@@]2(C)[C@@H](CC[C@@H]3[C@@H]2CC[C@]2(C)C([C@H](C)CCCC(C)C)CC[C@@H]32)C1. The van der Waals surface area contributed by atoms with Gasteiger partial charge < -0.3 is 9.84 Å². The van der Waals surface area contributed by atoms with Crippen molar-refractivity contribution in [3.8, 4) is 0 Å². The maximum atomic E-state index is 11.7. The minimum absolute atomic E-state index is 0.0531. The molecule has 0 heterocycles. The summed E-state index contributed by atoms with van der Waals surface area (Å²) in [6, 6.07) is 0. The Morgan fingerprint density at radius 2 is 1.65 bits per heavy atom. The van der Waals surface area contributed by atoms with Crippen molar-refractivity contribution in [2.45, 2.75) is 138 Å². The van der Waals surface area contributed by atoms with Crippen molar-refractivity contribution >= 4 is 5.97 Å². The fraction of sp³-hybridized carbons (Fsp3) is 0.919. The van der Waals surface area contributed by atoms with Gasteiger partial charge in [-0.2, -0.15) is 0 Å². The second-order valence-corrected chi connectivity index (χ2v) is 16.2. The molecule has 0 radical (unpaired) electrons. The largest absolute Gasteiger partial charge is 0.462 e. The Kier molecular flexibility index (Phi) is 10.9. The number of carbonyl (C=O) groups is 1. The fourth-order valence-corrected chi connectivity index (χ4v) is 10.9. The van der Waals surface area contributed by atoms with Crippen molar-refractivity contribution in [1.29, 1.82) is 0 Å². The van der Waals surface area contributed by atoms with Crippen LogP contribution in [0, 0.1) is 64.1 Å². The van der Waals surface area contributed by atoms with Crippen LogP contribution in [0.3, 0.4) is 0 Å². The predicted octanol–water partition coefficient (Wildman–Crippen LogP) is 9.62. The van der Waals surface area contributed by atoms with Crippen LogP contribution >= 0.6 is 0 Å². The normalized spacial score (nSPS) is 38.7. The molecule has 0 spiro atoms. The zero-order valence-electron chi connectivity index (χ0n) is 27.2. The molecule has 3 nitrogen and oxygen atoms in total. The first kappa shape index (κ1) is 32.1. The van der Waals surface area contributed by atoms with Gasteiger partial charge in [-0.25, -0.2) is 4.79 Å². The van der Waals surface area contributed by atoms with Gasteiger partial charge in [0.15, 0.2) is 0 Å². The zero-order chi connectivity index (χ0) is 29.1. The first-order chi connectivity index (χ1) is 19.0. The van der Waals surface area contributed by atoms with Gasteiger partial charge in [-0.15, -0.1) is 0 Å². The van der Waals surface area contributed by atoms with Gasteiger partial charge in [0.2, 0.25) is 0 Å². The van der Waals surface area contributed by atoms with Gasteiger partial charge in [-0.05, 0) is 129 Å². The summed E-state index contributed by atoms with van der Waals surface area (Å²) in [5, 5.41) is 9.79. The third-order valence-corrected chi connectivity index (χ3v) is 13.3. The van der Waals surface area contributed by atoms with Crippen molar-refractivity contribution < 1.29 is 14.6 Å². The molecule has 40 heavy (non-hydrogen) atoms. The highest BCUT2D eigenvalue weighted by atomic mass is 16.5. The van der Waals surface area contributed by atoms with Crippen LogP contribution in [0.2, 0.25) is 0 Å². The summed E-state index contributed by atoms with van der Waals surface area (Å²) < 4.78 is 5.32. The zero-order valence-corrected chi connectivity index (χ0v) is 27.2. The van der Waals surface area contributed by atoms with Gasteiger partial charge in [0.25, 0.3) is 0 Å². The van der Waals surface area contributed by atoms with Crippen molar-refractivity contribution in [2.75, 3.05) is 13.2 Å². The van der Waals surface area contributed by atoms with E-state index in [-0.39, 0.29) is 18.5 Å². The first-order valence-corrected chi connectivity index (χ1v) is 17.4. The van der Waals surface area contributed by atoms with Crippen LogP contribution in [0.15, 0.2) is 12.2 Å². The summed E-state index contributed by atoms with van der Waals surface area (Å²) in [5.74, 6) is 7.08. The van der Waals surface area contributed by atoms with E-state index in [1.165, 1.54) is 83.5 Å². The lowest BCUT2D eigenvalue weighted by atomic mass is 9.44. The van der Waals surface area contributed by atoms with Crippen molar-refractivity contribution in [3.63, 3.8) is 0 Å². The summed E-state index contributed by atoms with van der Waals surface area (Å²) in [5.41, 5.74) is 1.59. The molecule has 0 aromatic rings. The Balaban J connectivity index is 1.28. The molecule has 3 heteroatoms. The highest BCUT2D eigenvalue weighted by Gasteiger charge is 2.60. The van der Waals surface area contributed by atoms with Crippen LogP contribution in [-0.4, -0.2) is 24.3 Å². The van der Waals surface area contributed by atoms with Gasteiger partial charge in [-0.1, -0.05) is 73.3 Å². The smallest absolute Gasteiger partial charge is 0.333 e. The molecule has 2 unspecified atom stereocenters. The lowest BCUT2D eigenvalue weighted by Gasteiger charge is -2.61. The van der Waals surface area contributed by atoms with E-state index in [1.54, 1.807) is 6.92 Å². The summed E-state index contributed by atoms with van der Waals surface area (Å²) >= 11 is 0.